The van der Waals surface area contributed by atoms with Crippen LogP contribution in [-0.2, 0) is 4.79 Å². The van der Waals surface area contributed by atoms with Gasteiger partial charge in [0.2, 0.25) is 0 Å². The Kier molecular flexibility index (Phi) is 7.39. The Balaban J connectivity index is 2.58. The normalized spacial score (nSPS) is 12.0. The van der Waals surface area contributed by atoms with Crippen LogP contribution >= 0.6 is 0 Å². The fraction of sp³-hybridized carbons (Fsp3) is 0.500. The Hall–Kier alpha value is -2.08. The first-order valence-electron chi connectivity index (χ1n) is 7.46. The Morgan fingerprint density at radius 3 is 2.59 bits per heavy atom. The minimum Gasteiger partial charge on any atom is -0.492 e. The molecular formula is C16H24N2O4. The van der Waals surface area contributed by atoms with Crippen molar-refractivity contribution in [2.45, 2.75) is 26.8 Å². The van der Waals surface area contributed by atoms with Gasteiger partial charge in [-0.25, -0.2) is 0 Å². The van der Waals surface area contributed by atoms with Crippen LogP contribution in [0.2, 0.25) is 0 Å². The predicted octanol–water partition coefficient (Wildman–Crippen LogP) is 1.61. The van der Waals surface area contributed by atoms with E-state index in [0.717, 1.165) is 19.6 Å². The molecule has 0 aromatic heterocycles. The number of carbonyl (C=O) groups is 2. The van der Waals surface area contributed by atoms with E-state index in [-0.39, 0.29) is 0 Å². The van der Waals surface area contributed by atoms with Crippen LogP contribution in [0.5, 0.6) is 5.75 Å². The first kappa shape index (κ1) is 18.0. The molecule has 1 rings (SSSR count). The van der Waals surface area contributed by atoms with Crippen LogP contribution in [0.25, 0.3) is 0 Å². The van der Waals surface area contributed by atoms with Gasteiger partial charge in [0.25, 0.3) is 5.91 Å². The van der Waals surface area contributed by atoms with Crippen molar-refractivity contribution in [3.8, 4) is 5.75 Å². The van der Waals surface area contributed by atoms with E-state index >= 15 is 0 Å². The molecular weight excluding hydrogens is 284 g/mol. The van der Waals surface area contributed by atoms with E-state index in [0.29, 0.717) is 17.9 Å². The Morgan fingerprint density at radius 1 is 1.32 bits per heavy atom. The molecule has 1 unspecified atom stereocenters. The highest BCUT2D eigenvalue weighted by Gasteiger charge is 2.15. The van der Waals surface area contributed by atoms with Crippen molar-refractivity contribution in [3.63, 3.8) is 0 Å². The van der Waals surface area contributed by atoms with Crippen molar-refractivity contribution in [1.29, 1.82) is 0 Å². The first-order valence-corrected chi connectivity index (χ1v) is 7.46. The lowest BCUT2D eigenvalue weighted by atomic mass is 10.2. The number of carboxylic acids is 1. The van der Waals surface area contributed by atoms with Gasteiger partial charge < -0.3 is 20.1 Å². The van der Waals surface area contributed by atoms with E-state index in [9.17, 15) is 9.59 Å². The number of carbonyl (C=O) groups excluding carboxylic acids is 1. The van der Waals surface area contributed by atoms with Crippen molar-refractivity contribution >= 4 is 11.9 Å². The number of hydrogen-bond donors (Lipinski definition) is 2. The van der Waals surface area contributed by atoms with Gasteiger partial charge in [0.15, 0.2) is 0 Å². The number of nitrogens with zero attached hydrogens (tertiary/aromatic N) is 1. The van der Waals surface area contributed by atoms with Gasteiger partial charge in [-0.3, -0.25) is 9.59 Å². The SMILES string of the molecule is CCN(CC)CCOc1cccc(C(=O)NC(C)C(=O)O)c1. The minimum atomic E-state index is -1.07. The maximum Gasteiger partial charge on any atom is 0.325 e. The second-order valence-corrected chi connectivity index (χ2v) is 4.94. The number of ether oxygens (including phenoxy) is 1. The molecule has 0 aliphatic carbocycles. The fourth-order valence-electron chi connectivity index (χ4n) is 1.90. The predicted molar refractivity (Wildman–Crippen MR) is 84.3 cm³/mol. The molecule has 1 aromatic carbocycles. The summed E-state index contributed by atoms with van der Waals surface area (Å²) in [5.74, 6) is -0.896. The summed E-state index contributed by atoms with van der Waals surface area (Å²) in [7, 11) is 0. The van der Waals surface area contributed by atoms with Crippen molar-refractivity contribution in [1.82, 2.24) is 10.2 Å². The summed E-state index contributed by atoms with van der Waals surface area (Å²) >= 11 is 0. The molecule has 0 spiro atoms. The molecule has 1 aromatic rings. The number of aliphatic carboxylic acids is 1. The van der Waals surface area contributed by atoms with Gasteiger partial charge in [-0.15, -0.1) is 0 Å². The number of carboxylic acid groups (broad SMARTS) is 1. The van der Waals surface area contributed by atoms with Gasteiger partial charge >= 0.3 is 5.97 Å². The molecule has 0 saturated heterocycles. The maximum atomic E-state index is 11.9. The zero-order valence-electron chi connectivity index (χ0n) is 13.3. The molecule has 0 fully saturated rings. The second-order valence-electron chi connectivity index (χ2n) is 4.94. The van der Waals surface area contributed by atoms with Gasteiger partial charge in [-0.05, 0) is 38.2 Å². The van der Waals surface area contributed by atoms with Crippen LogP contribution in [0.1, 0.15) is 31.1 Å². The first-order chi connectivity index (χ1) is 10.5. The van der Waals surface area contributed by atoms with E-state index in [1.165, 1.54) is 6.92 Å². The summed E-state index contributed by atoms with van der Waals surface area (Å²) in [5, 5.41) is 11.2. The smallest absolute Gasteiger partial charge is 0.325 e. The number of rotatable bonds is 9. The highest BCUT2D eigenvalue weighted by atomic mass is 16.5. The summed E-state index contributed by atoms with van der Waals surface area (Å²) < 4.78 is 5.65. The number of nitrogens with one attached hydrogen (secondary N) is 1. The summed E-state index contributed by atoms with van der Waals surface area (Å²) in [5.41, 5.74) is 0.383. The average molecular weight is 308 g/mol. The molecule has 1 amide bonds. The summed E-state index contributed by atoms with van der Waals surface area (Å²) in [6.07, 6.45) is 0. The van der Waals surface area contributed by atoms with E-state index in [2.05, 4.69) is 24.1 Å². The summed E-state index contributed by atoms with van der Waals surface area (Å²) in [4.78, 5) is 24.9. The minimum absolute atomic E-state index is 0.383. The molecule has 22 heavy (non-hydrogen) atoms. The number of hydrogen-bond acceptors (Lipinski definition) is 4. The number of amides is 1. The number of benzene rings is 1. The van der Waals surface area contributed by atoms with E-state index in [4.69, 9.17) is 9.84 Å². The average Bonchev–Trinajstić information content (AvgIpc) is 2.51. The molecule has 0 saturated carbocycles. The molecule has 1 atom stereocenters. The molecule has 0 bridgehead atoms. The molecule has 0 radical (unpaired) electrons. The molecule has 122 valence electrons. The van der Waals surface area contributed by atoms with Gasteiger partial charge in [-0.2, -0.15) is 0 Å². The van der Waals surface area contributed by atoms with Gasteiger partial charge in [0.05, 0.1) is 0 Å². The maximum absolute atomic E-state index is 11.9. The van der Waals surface area contributed by atoms with Crippen molar-refractivity contribution in [2.24, 2.45) is 0 Å². The Bertz CT molecular complexity index is 501. The van der Waals surface area contributed by atoms with Crippen LogP contribution in [-0.4, -0.2) is 54.2 Å². The molecule has 2 N–H and O–H groups in total. The monoisotopic (exact) mass is 308 g/mol. The Labute approximate surface area is 131 Å². The molecule has 0 aliphatic rings. The number of likely N-dealkylation sites (N-methyl/N-ethyl adjacent to an activating group) is 1. The topological polar surface area (TPSA) is 78.9 Å². The van der Waals surface area contributed by atoms with Crippen LogP contribution in [0, 0.1) is 0 Å². The standard InChI is InChI=1S/C16H24N2O4/c1-4-18(5-2)9-10-22-14-8-6-7-13(11-14)15(19)17-12(3)16(20)21/h6-8,11-12H,4-5,9-10H2,1-3H3,(H,17,19)(H,20,21). The largest absolute Gasteiger partial charge is 0.492 e. The molecule has 0 heterocycles. The van der Waals surface area contributed by atoms with Crippen molar-refractivity contribution in [2.75, 3.05) is 26.2 Å². The third-order valence-corrected chi connectivity index (χ3v) is 3.38. The van der Waals surface area contributed by atoms with E-state index < -0.39 is 17.9 Å². The third-order valence-electron chi connectivity index (χ3n) is 3.38. The van der Waals surface area contributed by atoms with Crippen molar-refractivity contribution < 1.29 is 19.4 Å². The van der Waals surface area contributed by atoms with E-state index in [1.807, 2.05) is 0 Å². The summed E-state index contributed by atoms with van der Waals surface area (Å²) in [6, 6.07) is 5.81. The van der Waals surface area contributed by atoms with Crippen LogP contribution in [0.3, 0.4) is 0 Å². The second kappa shape index (κ2) is 9.04. The van der Waals surface area contributed by atoms with Gasteiger partial charge in [0, 0.05) is 12.1 Å². The molecule has 0 aliphatic heterocycles. The lowest BCUT2D eigenvalue weighted by molar-refractivity contribution is -0.138. The zero-order chi connectivity index (χ0) is 16.5. The van der Waals surface area contributed by atoms with Crippen LogP contribution in [0.4, 0.5) is 0 Å². The van der Waals surface area contributed by atoms with Crippen molar-refractivity contribution in [3.05, 3.63) is 29.8 Å². The lowest BCUT2D eigenvalue weighted by Crippen LogP contribution is -2.38. The molecule has 6 heteroatoms. The van der Waals surface area contributed by atoms with Crippen LogP contribution in [0.15, 0.2) is 24.3 Å². The Morgan fingerprint density at radius 2 is 2.00 bits per heavy atom. The molecule has 6 nitrogen and oxygen atoms in total. The zero-order valence-corrected chi connectivity index (χ0v) is 13.3. The highest BCUT2D eigenvalue weighted by molar-refractivity contribution is 5.96. The van der Waals surface area contributed by atoms with Gasteiger partial charge in [-0.1, -0.05) is 19.9 Å². The van der Waals surface area contributed by atoms with Gasteiger partial charge in [0.1, 0.15) is 18.4 Å². The quantitative estimate of drug-likeness (QED) is 0.724. The third kappa shape index (κ3) is 5.73. The lowest BCUT2D eigenvalue weighted by Gasteiger charge is -2.18. The highest BCUT2D eigenvalue weighted by Crippen LogP contribution is 2.13. The fourth-order valence-corrected chi connectivity index (χ4v) is 1.90. The summed E-state index contributed by atoms with van der Waals surface area (Å²) in [6.45, 7) is 8.91. The van der Waals surface area contributed by atoms with E-state index in [1.54, 1.807) is 24.3 Å². The van der Waals surface area contributed by atoms with Crippen LogP contribution < -0.4 is 10.1 Å².